The van der Waals surface area contributed by atoms with Crippen LogP contribution < -0.4 is 10.6 Å². The molecule has 0 aliphatic carbocycles. The number of likely N-dealkylation sites (tertiary alicyclic amines) is 2. The summed E-state index contributed by atoms with van der Waals surface area (Å²) in [7, 11) is 0. The molecule has 0 saturated carbocycles. The predicted molar refractivity (Wildman–Crippen MR) is 155 cm³/mol. The maximum Gasteiger partial charge on any atom is 0.319 e. The highest BCUT2D eigenvalue weighted by molar-refractivity contribution is 6.02. The number of hydrogen-bond donors (Lipinski definition) is 2. The van der Waals surface area contributed by atoms with Gasteiger partial charge >= 0.3 is 6.03 Å². The number of benzene rings is 2. The van der Waals surface area contributed by atoms with E-state index >= 15 is 0 Å². The van der Waals surface area contributed by atoms with E-state index in [0.717, 1.165) is 64.0 Å². The lowest BCUT2D eigenvalue weighted by molar-refractivity contribution is 0.0910. The van der Waals surface area contributed by atoms with E-state index in [0.29, 0.717) is 29.3 Å². The summed E-state index contributed by atoms with van der Waals surface area (Å²) in [6.45, 7) is 7.86. The molecule has 8 heteroatoms. The minimum absolute atomic E-state index is 0.0465. The van der Waals surface area contributed by atoms with Crippen LogP contribution in [0.2, 0.25) is 0 Å². The van der Waals surface area contributed by atoms with Gasteiger partial charge in [-0.1, -0.05) is 18.1 Å². The summed E-state index contributed by atoms with van der Waals surface area (Å²) in [5.74, 6) is 2.88. The van der Waals surface area contributed by atoms with E-state index in [4.69, 9.17) is 6.42 Å². The Balaban J connectivity index is 1.41. The number of amides is 2. The molecule has 2 aliphatic heterocycles. The van der Waals surface area contributed by atoms with Crippen LogP contribution >= 0.6 is 0 Å². The van der Waals surface area contributed by atoms with Crippen LogP contribution in [0.25, 0.3) is 0 Å². The lowest BCUT2D eigenvalue weighted by Gasteiger charge is -2.42. The third kappa shape index (κ3) is 8.23. The van der Waals surface area contributed by atoms with Gasteiger partial charge in [-0.15, -0.1) is 6.42 Å². The van der Waals surface area contributed by atoms with E-state index < -0.39 is 0 Å². The zero-order valence-corrected chi connectivity index (χ0v) is 23.4. The van der Waals surface area contributed by atoms with Crippen molar-refractivity contribution in [3.8, 4) is 12.3 Å². The monoisotopic (exact) mass is 546 g/mol. The number of carbonyl (C=O) groups excluding carboxylic acids is 3. The van der Waals surface area contributed by atoms with Crippen molar-refractivity contribution >= 4 is 23.3 Å². The molecule has 2 aromatic rings. The van der Waals surface area contributed by atoms with Crippen LogP contribution in [0.3, 0.4) is 0 Å². The molecule has 2 heterocycles. The minimum Gasteiger partial charge on any atom is -0.335 e. The molecule has 4 rings (SSSR count). The number of nitrogens with zero attached hydrogens (tertiary/aromatic N) is 2. The molecular weight excluding hydrogens is 507 g/mol. The second kappa shape index (κ2) is 13.7. The summed E-state index contributed by atoms with van der Waals surface area (Å²) in [5.41, 5.74) is 2.33. The number of carbonyl (C=O) groups is 3. The van der Waals surface area contributed by atoms with Crippen molar-refractivity contribution in [1.82, 2.24) is 15.1 Å². The Morgan fingerprint density at radius 1 is 0.975 bits per heavy atom. The minimum atomic E-state index is -0.358. The summed E-state index contributed by atoms with van der Waals surface area (Å²) < 4.78 is 13.3. The van der Waals surface area contributed by atoms with Gasteiger partial charge in [0.1, 0.15) is 5.82 Å². The summed E-state index contributed by atoms with van der Waals surface area (Å²) in [6, 6.07) is 11.1. The molecule has 2 fully saturated rings. The fraction of sp³-hybridized carbons (Fsp3) is 0.469. The molecule has 7 nitrogen and oxygen atoms in total. The van der Waals surface area contributed by atoms with Gasteiger partial charge in [0, 0.05) is 55.0 Å². The van der Waals surface area contributed by atoms with E-state index in [1.54, 1.807) is 18.2 Å². The van der Waals surface area contributed by atoms with E-state index in [-0.39, 0.29) is 35.4 Å². The summed E-state index contributed by atoms with van der Waals surface area (Å²) >= 11 is 0. The SMILES string of the molecule is C#CCN1CC[C@@H](NC(=O)Nc2cc(C(C)=O)cc(C(C)=O)c2)[C@H](CN2CCCC(Cc3ccc(F)cc3)C2)C1. The van der Waals surface area contributed by atoms with Gasteiger partial charge in [0.25, 0.3) is 0 Å². The Morgan fingerprint density at radius 3 is 2.33 bits per heavy atom. The quantitative estimate of drug-likeness (QED) is 0.354. The van der Waals surface area contributed by atoms with Gasteiger partial charge in [0.2, 0.25) is 0 Å². The van der Waals surface area contributed by atoms with Crippen molar-refractivity contribution in [1.29, 1.82) is 0 Å². The van der Waals surface area contributed by atoms with Crippen LogP contribution in [0, 0.1) is 30.0 Å². The van der Waals surface area contributed by atoms with Crippen LogP contribution in [0.1, 0.15) is 59.4 Å². The average molecular weight is 547 g/mol. The lowest BCUT2D eigenvalue weighted by atomic mass is 9.88. The second-order valence-corrected chi connectivity index (χ2v) is 11.2. The predicted octanol–water partition coefficient (Wildman–Crippen LogP) is 4.63. The Bertz CT molecular complexity index is 1220. The first-order valence-corrected chi connectivity index (χ1v) is 14.1. The average Bonchev–Trinajstić information content (AvgIpc) is 2.91. The highest BCUT2D eigenvalue weighted by Gasteiger charge is 2.33. The Morgan fingerprint density at radius 2 is 1.68 bits per heavy atom. The van der Waals surface area contributed by atoms with Gasteiger partial charge < -0.3 is 15.5 Å². The molecule has 2 aliphatic rings. The van der Waals surface area contributed by atoms with Crippen molar-refractivity contribution in [2.45, 2.75) is 45.6 Å². The fourth-order valence-electron chi connectivity index (χ4n) is 5.97. The van der Waals surface area contributed by atoms with Gasteiger partial charge in [0.05, 0.1) is 6.54 Å². The normalized spacial score (nSPS) is 21.8. The molecule has 2 N–H and O–H groups in total. The van der Waals surface area contributed by atoms with Crippen molar-refractivity contribution in [2.24, 2.45) is 11.8 Å². The number of rotatable bonds is 9. The molecule has 0 radical (unpaired) electrons. The zero-order valence-electron chi connectivity index (χ0n) is 23.4. The first kappa shape index (κ1) is 29.4. The number of urea groups is 1. The van der Waals surface area contributed by atoms with Gasteiger partial charge in [-0.3, -0.25) is 14.5 Å². The largest absolute Gasteiger partial charge is 0.335 e. The third-order valence-electron chi connectivity index (χ3n) is 7.99. The van der Waals surface area contributed by atoms with Crippen LogP contribution in [-0.4, -0.2) is 72.7 Å². The molecule has 2 amide bonds. The topological polar surface area (TPSA) is 81.8 Å². The molecule has 2 aromatic carbocycles. The first-order chi connectivity index (χ1) is 19.2. The molecular formula is C32H39FN4O3. The summed E-state index contributed by atoms with van der Waals surface area (Å²) in [4.78, 5) is 41.7. The highest BCUT2D eigenvalue weighted by atomic mass is 19.1. The standard InChI is InChI=1S/C32H39FN4O3/c1-4-12-36-14-11-31(35-32(40)34-30-17-26(22(2)38)16-27(18-30)23(3)39)28(20-36)21-37-13-5-6-25(19-37)15-24-7-9-29(33)10-8-24/h1,7-10,16-18,25,28,31H,5-6,11-15,19-21H2,2-3H3,(H2,34,35,40)/t25?,28-,31+/m0/s1. The number of anilines is 1. The smallest absolute Gasteiger partial charge is 0.319 e. The molecule has 0 aromatic heterocycles. The van der Waals surface area contributed by atoms with E-state index in [1.165, 1.54) is 26.0 Å². The first-order valence-electron chi connectivity index (χ1n) is 14.1. The van der Waals surface area contributed by atoms with Crippen molar-refractivity contribution < 1.29 is 18.8 Å². The maximum absolute atomic E-state index is 13.3. The highest BCUT2D eigenvalue weighted by Crippen LogP contribution is 2.25. The third-order valence-corrected chi connectivity index (χ3v) is 7.99. The number of hydrogen-bond acceptors (Lipinski definition) is 5. The molecule has 1 unspecified atom stereocenters. The number of nitrogens with one attached hydrogen (secondary N) is 2. The Hall–Kier alpha value is -3.54. The second-order valence-electron chi connectivity index (χ2n) is 11.2. The van der Waals surface area contributed by atoms with Gasteiger partial charge in [-0.05, 0) is 87.9 Å². The molecule has 212 valence electrons. The van der Waals surface area contributed by atoms with Crippen LogP contribution in [0.4, 0.5) is 14.9 Å². The number of Topliss-reactive ketones (excluding diaryl/α,β-unsaturated/α-hetero) is 2. The molecule has 3 atom stereocenters. The summed E-state index contributed by atoms with van der Waals surface area (Å²) in [5, 5.41) is 6.00. The van der Waals surface area contributed by atoms with Crippen molar-refractivity contribution in [2.75, 3.05) is 44.6 Å². The van der Waals surface area contributed by atoms with Crippen LogP contribution in [0.5, 0.6) is 0 Å². The van der Waals surface area contributed by atoms with Gasteiger partial charge in [-0.25, -0.2) is 9.18 Å². The zero-order chi connectivity index (χ0) is 28.6. The number of terminal acetylenes is 1. The maximum atomic E-state index is 13.3. The molecule has 40 heavy (non-hydrogen) atoms. The number of piperidine rings is 2. The van der Waals surface area contributed by atoms with Crippen LogP contribution in [0.15, 0.2) is 42.5 Å². The van der Waals surface area contributed by atoms with Gasteiger partial charge in [-0.2, -0.15) is 0 Å². The number of halogens is 1. The summed E-state index contributed by atoms with van der Waals surface area (Å²) in [6.07, 6.45) is 9.56. The van der Waals surface area contributed by atoms with Crippen molar-refractivity contribution in [3.63, 3.8) is 0 Å². The Kier molecular flexibility index (Phi) is 10.1. The Labute approximate surface area is 236 Å². The number of ketones is 2. The van der Waals surface area contributed by atoms with Crippen molar-refractivity contribution in [3.05, 3.63) is 65.0 Å². The molecule has 0 spiro atoms. The molecule has 2 saturated heterocycles. The van der Waals surface area contributed by atoms with E-state index in [2.05, 4.69) is 26.4 Å². The molecule has 0 bridgehead atoms. The fourth-order valence-corrected chi connectivity index (χ4v) is 5.97. The van der Waals surface area contributed by atoms with Crippen LogP contribution in [-0.2, 0) is 6.42 Å². The van der Waals surface area contributed by atoms with E-state index in [1.807, 2.05) is 12.1 Å². The van der Waals surface area contributed by atoms with Gasteiger partial charge in [0.15, 0.2) is 11.6 Å². The lowest BCUT2D eigenvalue weighted by Crippen LogP contribution is -2.55. The van der Waals surface area contributed by atoms with E-state index in [9.17, 15) is 18.8 Å².